The molecule has 5 N–H and O–H groups in total. The Morgan fingerprint density at radius 2 is 1.85 bits per heavy atom. The van der Waals surface area contributed by atoms with Gasteiger partial charge >= 0.3 is 0 Å². The number of benzene rings is 2. The molecule has 1 heterocycles. The molecule has 0 saturated heterocycles. The molecule has 0 radical (unpaired) electrons. The number of aliphatic hydroxyl groups excluding tert-OH is 1. The molecule has 2 aromatic carbocycles. The second-order valence-electron chi connectivity index (χ2n) is 7.42. The molecule has 3 aromatic rings. The summed E-state index contributed by atoms with van der Waals surface area (Å²) in [5.74, 6) is 0.608. The van der Waals surface area contributed by atoms with Gasteiger partial charge in [-0.1, -0.05) is 19.1 Å². The van der Waals surface area contributed by atoms with Crippen LogP contribution < -0.4 is 25.8 Å². The summed E-state index contributed by atoms with van der Waals surface area (Å²) in [5, 5.41) is 16.5. The maximum atomic E-state index is 12.3. The average molecular weight is 453 g/mol. The molecule has 176 valence electrons. The van der Waals surface area contributed by atoms with Crippen LogP contribution in [0.1, 0.15) is 42.3 Å². The number of ether oxygens (including phenoxy) is 2. The summed E-state index contributed by atoms with van der Waals surface area (Å²) in [6.07, 6.45) is 2.27. The summed E-state index contributed by atoms with van der Waals surface area (Å²) in [5.41, 5.74) is 10.3. The minimum atomic E-state index is -0.572. The van der Waals surface area contributed by atoms with Crippen molar-refractivity contribution in [1.29, 1.82) is 0 Å². The largest absolute Gasteiger partial charge is 0.490 e. The molecule has 33 heavy (non-hydrogen) atoms. The Kier molecular flexibility index (Phi) is 8.46. The van der Waals surface area contributed by atoms with Gasteiger partial charge in [0.25, 0.3) is 5.91 Å². The molecule has 0 aliphatic heterocycles. The van der Waals surface area contributed by atoms with E-state index < -0.39 is 5.91 Å². The monoisotopic (exact) mass is 452 g/mol. The number of nitrogens with zero attached hydrogens (tertiary/aromatic N) is 1. The van der Waals surface area contributed by atoms with Crippen molar-refractivity contribution in [3.05, 3.63) is 53.2 Å². The number of hydrogen-bond acceptors (Lipinski definition) is 7. The summed E-state index contributed by atoms with van der Waals surface area (Å²) >= 11 is 0. The molecule has 1 aromatic heterocycles. The van der Waals surface area contributed by atoms with E-state index in [2.05, 4.69) is 28.6 Å². The number of aromatic nitrogens is 1. The van der Waals surface area contributed by atoms with Gasteiger partial charge in [0.2, 0.25) is 0 Å². The van der Waals surface area contributed by atoms with Crippen molar-refractivity contribution >= 4 is 28.2 Å². The first-order chi connectivity index (χ1) is 16.0. The van der Waals surface area contributed by atoms with Crippen molar-refractivity contribution in [2.45, 2.75) is 33.7 Å². The predicted molar refractivity (Wildman–Crippen MR) is 130 cm³/mol. The van der Waals surface area contributed by atoms with Gasteiger partial charge in [0.05, 0.1) is 36.6 Å². The molecule has 0 saturated carbocycles. The quantitative estimate of drug-likeness (QED) is 0.311. The third-order valence-electron chi connectivity index (χ3n) is 5.29. The first-order valence-electron chi connectivity index (χ1n) is 11.2. The number of amides is 1. The lowest BCUT2D eigenvalue weighted by Gasteiger charge is -2.19. The second kappa shape index (κ2) is 11.5. The molecular weight excluding hydrogens is 420 g/mol. The maximum absolute atomic E-state index is 12.3. The number of pyridine rings is 1. The highest BCUT2D eigenvalue weighted by Crippen LogP contribution is 2.38. The van der Waals surface area contributed by atoms with E-state index in [-0.39, 0.29) is 6.61 Å². The van der Waals surface area contributed by atoms with Crippen molar-refractivity contribution in [2.24, 2.45) is 5.73 Å². The third kappa shape index (κ3) is 5.53. The van der Waals surface area contributed by atoms with E-state index >= 15 is 0 Å². The standard InChI is InChI=1S/C25H32N4O4/c1-4-17-16(14-27-10-11-30)8-7-9-20(17)29-24-18-12-22(32-5-2)23(33-6-3)13-21(18)28-15-19(24)25(26)31/h7-9,12-13,15,27,30H,4-6,10-11,14H2,1-3H3,(H2,26,31)(H,28,29). The molecule has 0 fully saturated rings. The zero-order valence-corrected chi connectivity index (χ0v) is 19.4. The number of rotatable bonds is 12. The maximum Gasteiger partial charge on any atom is 0.252 e. The number of hydrogen-bond donors (Lipinski definition) is 4. The van der Waals surface area contributed by atoms with E-state index in [0.717, 1.165) is 23.2 Å². The highest BCUT2D eigenvalue weighted by Gasteiger charge is 2.18. The van der Waals surface area contributed by atoms with Crippen LogP contribution in [0.15, 0.2) is 36.5 Å². The Morgan fingerprint density at radius 1 is 1.12 bits per heavy atom. The topological polar surface area (TPSA) is 119 Å². The van der Waals surface area contributed by atoms with Crippen LogP contribution in [-0.2, 0) is 13.0 Å². The van der Waals surface area contributed by atoms with Crippen molar-refractivity contribution in [3.63, 3.8) is 0 Å². The van der Waals surface area contributed by atoms with Crippen LogP contribution in [0.3, 0.4) is 0 Å². The van der Waals surface area contributed by atoms with E-state index in [1.54, 1.807) is 0 Å². The average Bonchev–Trinajstić information content (AvgIpc) is 2.80. The minimum absolute atomic E-state index is 0.0796. The lowest BCUT2D eigenvalue weighted by atomic mass is 10.0. The molecular formula is C25H32N4O4. The molecule has 8 nitrogen and oxygen atoms in total. The summed E-state index contributed by atoms with van der Waals surface area (Å²) < 4.78 is 11.5. The lowest BCUT2D eigenvalue weighted by Crippen LogP contribution is -2.19. The highest BCUT2D eigenvalue weighted by atomic mass is 16.5. The van der Waals surface area contributed by atoms with Gasteiger partial charge in [0, 0.05) is 36.4 Å². The molecule has 0 bridgehead atoms. The van der Waals surface area contributed by atoms with Crippen molar-refractivity contribution in [2.75, 3.05) is 31.7 Å². The molecule has 0 unspecified atom stereocenters. The van der Waals surface area contributed by atoms with Gasteiger partial charge in [-0.15, -0.1) is 0 Å². The number of carbonyl (C=O) groups is 1. The van der Waals surface area contributed by atoms with Gasteiger partial charge in [-0.05, 0) is 43.5 Å². The number of fused-ring (bicyclic) bond motifs is 1. The van der Waals surface area contributed by atoms with E-state index in [1.807, 2.05) is 38.1 Å². The summed E-state index contributed by atoms with van der Waals surface area (Å²) in [6.45, 7) is 8.09. The first kappa shape index (κ1) is 24.3. The van der Waals surface area contributed by atoms with Gasteiger partial charge < -0.3 is 30.9 Å². The van der Waals surface area contributed by atoms with Crippen LogP contribution in [0.25, 0.3) is 10.9 Å². The minimum Gasteiger partial charge on any atom is -0.490 e. The SMILES string of the molecule is CCOc1cc2ncc(C(N)=O)c(Nc3cccc(CNCCO)c3CC)c2cc1OCC. The Hall–Kier alpha value is -3.36. The van der Waals surface area contributed by atoms with E-state index in [1.165, 1.54) is 6.20 Å². The Balaban J connectivity index is 2.15. The fourth-order valence-corrected chi connectivity index (χ4v) is 3.83. The summed E-state index contributed by atoms with van der Waals surface area (Å²) in [7, 11) is 0. The van der Waals surface area contributed by atoms with Crippen LogP contribution in [0.5, 0.6) is 11.5 Å². The third-order valence-corrected chi connectivity index (χ3v) is 5.29. The number of nitrogens with one attached hydrogen (secondary N) is 2. The van der Waals surface area contributed by atoms with Crippen molar-refractivity contribution < 1.29 is 19.4 Å². The number of aliphatic hydroxyl groups is 1. The zero-order valence-electron chi connectivity index (χ0n) is 19.4. The van der Waals surface area contributed by atoms with Crippen LogP contribution >= 0.6 is 0 Å². The van der Waals surface area contributed by atoms with E-state index in [9.17, 15) is 4.79 Å². The molecule has 0 atom stereocenters. The zero-order chi connectivity index (χ0) is 23.8. The van der Waals surface area contributed by atoms with E-state index in [0.29, 0.717) is 60.0 Å². The van der Waals surface area contributed by atoms with Gasteiger partial charge in [-0.3, -0.25) is 9.78 Å². The molecule has 0 aliphatic carbocycles. The van der Waals surface area contributed by atoms with Crippen LogP contribution in [-0.4, -0.2) is 42.4 Å². The summed E-state index contributed by atoms with van der Waals surface area (Å²) in [4.78, 5) is 16.7. The molecule has 0 spiro atoms. The first-order valence-corrected chi connectivity index (χ1v) is 11.2. The number of carbonyl (C=O) groups excluding carboxylic acids is 1. The molecule has 8 heteroatoms. The lowest BCUT2D eigenvalue weighted by molar-refractivity contribution is 0.100. The van der Waals surface area contributed by atoms with Gasteiger partial charge in [-0.2, -0.15) is 0 Å². The molecule has 1 amide bonds. The fourth-order valence-electron chi connectivity index (χ4n) is 3.83. The van der Waals surface area contributed by atoms with Gasteiger partial charge in [-0.25, -0.2) is 0 Å². The predicted octanol–water partition coefficient (Wildman–Crippen LogP) is 3.52. The number of anilines is 2. The van der Waals surface area contributed by atoms with Gasteiger partial charge in [0.1, 0.15) is 0 Å². The van der Waals surface area contributed by atoms with Gasteiger partial charge in [0.15, 0.2) is 11.5 Å². The second-order valence-corrected chi connectivity index (χ2v) is 7.42. The number of primary amides is 1. The van der Waals surface area contributed by atoms with Crippen LogP contribution in [0, 0.1) is 0 Å². The Labute approximate surface area is 194 Å². The van der Waals surface area contributed by atoms with E-state index in [4.69, 9.17) is 20.3 Å². The summed E-state index contributed by atoms with van der Waals surface area (Å²) in [6, 6.07) is 9.64. The molecule has 3 rings (SSSR count). The van der Waals surface area contributed by atoms with Crippen molar-refractivity contribution in [3.8, 4) is 11.5 Å². The highest BCUT2D eigenvalue weighted by molar-refractivity contribution is 6.08. The van der Waals surface area contributed by atoms with Crippen molar-refractivity contribution in [1.82, 2.24) is 10.3 Å². The van der Waals surface area contributed by atoms with Crippen LogP contribution in [0.2, 0.25) is 0 Å². The normalized spacial score (nSPS) is 10.9. The van der Waals surface area contributed by atoms with Crippen LogP contribution in [0.4, 0.5) is 11.4 Å². The Bertz CT molecular complexity index is 1120. The smallest absolute Gasteiger partial charge is 0.252 e. The Morgan fingerprint density at radius 3 is 2.48 bits per heavy atom. The molecule has 0 aliphatic rings. The fraction of sp³-hybridized carbons (Fsp3) is 0.360. The number of nitrogens with two attached hydrogens (primary N) is 1.